The van der Waals surface area contributed by atoms with Crippen molar-refractivity contribution >= 4 is 5.91 Å². The van der Waals surface area contributed by atoms with Crippen molar-refractivity contribution in [3.05, 3.63) is 35.9 Å². The van der Waals surface area contributed by atoms with E-state index in [2.05, 4.69) is 48.5 Å². The van der Waals surface area contributed by atoms with E-state index in [0.717, 1.165) is 38.8 Å². The van der Waals surface area contributed by atoms with E-state index >= 15 is 0 Å². The molecule has 1 N–H and O–H groups in total. The Balaban J connectivity index is 1.65. The lowest BCUT2D eigenvalue weighted by molar-refractivity contribution is -0.123. The summed E-state index contributed by atoms with van der Waals surface area (Å²) < 4.78 is 0. The van der Waals surface area contributed by atoms with Crippen molar-refractivity contribution in [2.45, 2.75) is 45.1 Å². The van der Waals surface area contributed by atoms with Crippen molar-refractivity contribution in [3.8, 4) is 0 Å². The van der Waals surface area contributed by atoms with E-state index in [4.69, 9.17) is 0 Å². The van der Waals surface area contributed by atoms with Gasteiger partial charge in [-0.3, -0.25) is 4.79 Å². The van der Waals surface area contributed by atoms with Crippen LogP contribution < -0.4 is 5.32 Å². The highest BCUT2D eigenvalue weighted by Gasteiger charge is 2.20. The van der Waals surface area contributed by atoms with Gasteiger partial charge in [0, 0.05) is 12.5 Å². The maximum Gasteiger partial charge on any atom is 0.220 e. The molecule has 2 rings (SSSR count). The monoisotopic (exact) mass is 288 g/mol. The van der Waals surface area contributed by atoms with Crippen LogP contribution >= 0.6 is 0 Å². The molecule has 1 aliphatic heterocycles. The van der Waals surface area contributed by atoms with E-state index in [1.54, 1.807) is 0 Å². The molecule has 1 fully saturated rings. The molecule has 116 valence electrons. The number of amides is 1. The first-order chi connectivity index (χ1) is 10.1. The molecule has 0 saturated carbocycles. The number of rotatable bonds is 6. The number of likely N-dealkylation sites (tertiary alicyclic amines) is 1. The predicted octanol–water partition coefficient (Wildman–Crippen LogP) is 2.86. The molecule has 1 aliphatic rings. The van der Waals surface area contributed by atoms with Crippen molar-refractivity contribution in [1.82, 2.24) is 10.2 Å². The summed E-state index contributed by atoms with van der Waals surface area (Å²) in [6.07, 6.45) is 5.04. The van der Waals surface area contributed by atoms with Gasteiger partial charge >= 0.3 is 0 Å². The molecule has 1 saturated heterocycles. The van der Waals surface area contributed by atoms with Gasteiger partial charge in [0.2, 0.25) is 5.91 Å². The molecular formula is C18H28N2O. The van der Waals surface area contributed by atoms with Gasteiger partial charge in [-0.1, -0.05) is 30.3 Å². The Kier molecular flexibility index (Phi) is 6.24. The summed E-state index contributed by atoms with van der Waals surface area (Å²) in [4.78, 5) is 14.4. The summed E-state index contributed by atoms with van der Waals surface area (Å²) >= 11 is 0. The number of benzene rings is 1. The molecule has 1 amide bonds. The second-order valence-electron chi connectivity index (χ2n) is 6.44. The molecule has 3 heteroatoms. The van der Waals surface area contributed by atoms with Crippen LogP contribution in [0.25, 0.3) is 0 Å². The Hall–Kier alpha value is -1.35. The van der Waals surface area contributed by atoms with Crippen molar-refractivity contribution in [2.24, 2.45) is 5.92 Å². The quantitative estimate of drug-likeness (QED) is 0.873. The van der Waals surface area contributed by atoms with Gasteiger partial charge in [0.25, 0.3) is 0 Å². The van der Waals surface area contributed by atoms with E-state index in [-0.39, 0.29) is 11.9 Å². The summed E-state index contributed by atoms with van der Waals surface area (Å²) in [5.41, 5.74) is 1.34. The number of nitrogens with zero attached hydrogens (tertiary/aromatic N) is 1. The standard InChI is InChI=1S/C18H28N2O/c1-15(8-9-16-6-4-3-5-7-16)19-18(21)14-17-10-12-20(2)13-11-17/h3-7,15,17H,8-14H2,1-2H3,(H,19,21). The first-order valence-corrected chi connectivity index (χ1v) is 8.15. The topological polar surface area (TPSA) is 32.3 Å². The van der Waals surface area contributed by atoms with Crippen LogP contribution in [0.2, 0.25) is 0 Å². The van der Waals surface area contributed by atoms with Gasteiger partial charge in [-0.05, 0) is 64.2 Å². The molecule has 3 nitrogen and oxygen atoms in total. The minimum Gasteiger partial charge on any atom is -0.354 e. The summed E-state index contributed by atoms with van der Waals surface area (Å²) in [5, 5.41) is 3.16. The van der Waals surface area contributed by atoms with E-state index in [0.29, 0.717) is 12.3 Å². The maximum atomic E-state index is 12.1. The largest absolute Gasteiger partial charge is 0.354 e. The zero-order valence-corrected chi connectivity index (χ0v) is 13.3. The van der Waals surface area contributed by atoms with E-state index in [9.17, 15) is 4.79 Å². The van der Waals surface area contributed by atoms with E-state index in [1.807, 2.05) is 6.07 Å². The van der Waals surface area contributed by atoms with Crippen LogP contribution in [0.4, 0.5) is 0 Å². The Labute approximate surface area is 128 Å². The van der Waals surface area contributed by atoms with Crippen LogP contribution in [-0.4, -0.2) is 37.0 Å². The van der Waals surface area contributed by atoms with E-state index in [1.165, 1.54) is 5.56 Å². The Morgan fingerprint density at radius 2 is 1.95 bits per heavy atom. The highest BCUT2D eigenvalue weighted by Crippen LogP contribution is 2.19. The Morgan fingerprint density at radius 3 is 2.62 bits per heavy atom. The van der Waals surface area contributed by atoms with Gasteiger partial charge in [0.15, 0.2) is 0 Å². The maximum absolute atomic E-state index is 12.1. The highest BCUT2D eigenvalue weighted by atomic mass is 16.1. The molecule has 0 radical (unpaired) electrons. The van der Waals surface area contributed by atoms with Gasteiger partial charge in [-0.15, -0.1) is 0 Å². The van der Waals surface area contributed by atoms with Crippen LogP contribution in [0.5, 0.6) is 0 Å². The minimum atomic E-state index is 0.227. The molecule has 1 aromatic rings. The van der Waals surface area contributed by atoms with Crippen molar-refractivity contribution in [1.29, 1.82) is 0 Å². The fourth-order valence-electron chi connectivity index (χ4n) is 2.96. The fourth-order valence-corrected chi connectivity index (χ4v) is 2.96. The SMILES string of the molecule is CC(CCc1ccccc1)NC(=O)CC1CCN(C)CC1. The van der Waals surface area contributed by atoms with Gasteiger partial charge in [0.1, 0.15) is 0 Å². The van der Waals surface area contributed by atoms with Gasteiger partial charge < -0.3 is 10.2 Å². The van der Waals surface area contributed by atoms with Crippen LogP contribution in [0.3, 0.4) is 0 Å². The molecule has 0 aromatic heterocycles. The van der Waals surface area contributed by atoms with Crippen LogP contribution in [-0.2, 0) is 11.2 Å². The van der Waals surface area contributed by atoms with Crippen molar-refractivity contribution < 1.29 is 4.79 Å². The number of hydrogen-bond donors (Lipinski definition) is 1. The number of piperidine rings is 1. The first-order valence-electron chi connectivity index (χ1n) is 8.15. The normalized spacial score (nSPS) is 18.4. The molecule has 1 atom stereocenters. The average molecular weight is 288 g/mol. The Bertz CT molecular complexity index is 424. The number of nitrogens with one attached hydrogen (secondary N) is 1. The summed E-state index contributed by atoms with van der Waals surface area (Å²) in [6.45, 7) is 4.36. The number of aryl methyl sites for hydroxylation is 1. The lowest BCUT2D eigenvalue weighted by atomic mass is 9.93. The number of carbonyl (C=O) groups is 1. The Morgan fingerprint density at radius 1 is 1.29 bits per heavy atom. The summed E-state index contributed by atoms with van der Waals surface area (Å²) in [5.74, 6) is 0.799. The molecular weight excluding hydrogens is 260 g/mol. The third-order valence-electron chi connectivity index (χ3n) is 4.43. The zero-order valence-electron chi connectivity index (χ0n) is 13.3. The smallest absolute Gasteiger partial charge is 0.220 e. The minimum absolute atomic E-state index is 0.227. The van der Waals surface area contributed by atoms with Gasteiger partial charge in [-0.2, -0.15) is 0 Å². The average Bonchev–Trinajstić information content (AvgIpc) is 2.48. The third kappa shape index (κ3) is 5.88. The number of carbonyl (C=O) groups excluding carboxylic acids is 1. The molecule has 1 unspecified atom stereocenters. The fraction of sp³-hybridized carbons (Fsp3) is 0.611. The molecule has 21 heavy (non-hydrogen) atoms. The first kappa shape index (κ1) is 16.0. The van der Waals surface area contributed by atoms with Crippen LogP contribution in [0, 0.1) is 5.92 Å². The lowest BCUT2D eigenvalue weighted by Gasteiger charge is -2.28. The van der Waals surface area contributed by atoms with E-state index < -0.39 is 0 Å². The summed E-state index contributed by atoms with van der Waals surface area (Å²) in [6, 6.07) is 10.7. The van der Waals surface area contributed by atoms with Crippen LogP contribution in [0.1, 0.15) is 38.2 Å². The molecule has 1 aromatic carbocycles. The molecule has 0 aliphatic carbocycles. The third-order valence-corrected chi connectivity index (χ3v) is 4.43. The van der Waals surface area contributed by atoms with Gasteiger partial charge in [0.05, 0.1) is 0 Å². The van der Waals surface area contributed by atoms with Crippen molar-refractivity contribution in [3.63, 3.8) is 0 Å². The number of hydrogen-bond acceptors (Lipinski definition) is 2. The van der Waals surface area contributed by atoms with Crippen LogP contribution in [0.15, 0.2) is 30.3 Å². The van der Waals surface area contributed by atoms with Crippen molar-refractivity contribution in [2.75, 3.05) is 20.1 Å². The second kappa shape index (κ2) is 8.18. The predicted molar refractivity (Wildman–Crippen MR) is 87.2 cm³/mol. The lowest BCUT2D eigenvalue weighted by Crippen LogP contribution is -2.36. The highest BCUT2D eigenvalue weighted by molar-refractivity contribution is 5.76. The second-order valence-corrected chi connectivity index (χ2v) is 6.44. The molecule has 0 bridgehead atoms. The summed E-state index contributed by atoms with van der Waals surface area (Å²) in [7, 11) is 2.15. The van der Waals surface area contributed by atoms with Gasteiger partial charge in [-0.25, -0.2) is 0 Å². The molecule has 1 heterocycles. The zero-order chi connectivity index (χ0) is 15.1. The molecule has 0 spiro atoms.